The molecule has 0 radical (unpaired) electrons. The Hall–Kier alpha value is -2.15. The Morgan fingerprint density at radius 2 is 2.16 bits per heavy atom. The number of nitrogens with one attached hydrogen (secondary N) is 2. The molecular weight excluding hydrogens is 336 g/mol. The number of benzene rings is 1. The van der Waals surface area contributed by atoms with Crippen LogP contribution in [0.5, 0.6) is 5.75 Å². The number of hydrogen-bond acceptors (Lipinski definition) is 4. The SMILES string of the molecule is CC[C@@H]1CCC[C@@H]1NC(=O)Cn1c(-c2ccc(OC)cc2)n[nH]c1=S. The van der Waals surface area contributed by atoms with Crippen LogP contribution < -0.4 is 10.1 Å². The van der Waals surface area contributed by atoms with Crippen molar-refractivity contribution in [3.63, 3.8) is 0 Å². The Kier molecular flexibility index (Phi) is 5.53. The van der Waals surface area contributed by atoms with Crippen molar-refractivity contribution in [2.24, 2.45) is 5.92 Å². The standard InChI is InChI=1S/C18H24N4O2S/c1-3-12-5-4-6-15(12)19-16(23)11-22-17(20-21-18(22)25)13-7-9-14(24-2)10-8-13/h7-10,12,15H,3-6,11H2,1-2H3,(H,19,23)(H,21,25)/t12-,15+/m1/s1. The van der Waals surface area contributed by atoms with Crippen LogP contribution in [0.1, 0.15) is 32.6 Å². The molecule has 2 aromatic rings. The lowest BCUT2D eigenvalue weighted by molar-refractivity contribution is -0.122. The average molecular weight is 360 g/mol. The molecule has 134 valence electrons. The second-order valence-electron chi connectivity index (χ2n) is 6.44. The molecule has 0 aliphatic heterocycles. The number of rotatable bonds is 6. The second-order valence-corrected chi connectivity index (χ2v) is 6.83. The topological polar surface area (TPSA) is 71.9 Å². The van der Waals surface area contributed by atoms with E-state index in [2.05, 4.69) is 22.4 Å². The molecule has 2 N–H and O–H groups in total. The number of carbonyl (C=O) groups excluding carboxylic acids is 1. The fourth-order valence-corrected chi connectivity index (χ4v) is 3.73. The molecular formula is C18H24N4O2S. The summed E-state index contributed by atoms with van der Waals surface area (Å²) < 4.78 is 7.36. The van der Waals surface area contributed by atoms with Crippen LogP contribution in [0.25, 0.3) is 11.4 Å². The quantitative estimate of drug-likeness (QED) is 0.775. The maximum Gasteiger partial charge on any atom is 0.240 e. The largest absolute Gasteiger partial charge is 0.497 e. The third kappa shape index (κ3) is 3.92. The fraction of sp³-hybridized carbons (Fsp3) is 0.500. The van der Waals surface area contributed by atoms with Crippen LogP contribution in [-0.2, 0) is 11.3 Å². The Bertz CT molecular complexity index is 781. The number of ether oxygens (including phenoxy) is 1. The molecule has 1 saturated carbocycles. The second kappa shape index (κ2) is 7.82. The van der Waals surface area contributed by atoms with Crippen molar-refractivity contribution in [1.82, 2.24) is 20.1 Å². The van der Waals surface area contributed by atoms with Gasteiger partial charge in [0.05, 0.1) is 7.11 Å². The molecule has 3 rings (SSSR count). The molecule has 1 amide bonds. The number of H-pyrrole nitrogens is 1. The number of hydrogen-bond donors (Lipinski definition) is 2. The fourth-order valence-electron chi connectivity index (χ4n) is 3.54. The van der Waals surface area contributed by atoms with Crippen molar-refractivity contribution in [2.75, 3.05) is 7.11 Å². The minimum Gasteiger partial charge on any atom is -0.497 e. The Labute approximate surface area is 152 Å². The van der Waals surface area contributed by atoms with Gasteiger partial charge in [-0.1, -0.05) is 19.8 Å². The zero-order chi connectivity index (χ0) is 17.8. The smallest absolute Gasteiger partial charge is 0.240 e. The molecule has 0 spiro atoms. The molecule has 1 aromatic heterocycles. The first-order valence-electron chi connectivity index (χ1n) is 8.71. The van der Waals surface area contributed by atoms with Crippen LogP contribution in [-0.4, -0.2) is 33.8 Å². The van der Waals surface area contributed by atoms with Gasteiger partial charge in [-0.25, -0.2) is 0 Å². The minimum absolute atomic E-state index is 0.0161. The summed E-state index contributed by atoms with van der Waals surface area (Å²) in [5, 5.41) is 10.2. The highest BCUT2D eigenvalue weighted by atomic mass is 32.1. The number of aromatic nitrogens is 3. The van der Waals surface area contributed by atoms with Gasteiger partial charge in [-0.05, 0) is 55.2 Å². The molecule has 1 aromatic carbocycles. The van der Waals surface area contributed by atoms with E-state index in [0.717, 1.165) is 24.2 Å². The van der Waals surface area contributed by atoms with Gasteiger partial charge in [-0.2, -0.15) is 5.10 Å². The van der Waals surface area contributed by atoms with Crippen molar-refractivity contribution < 1.29 is 9.53 Å². The van der Waals surface area contributed by atoms with Gasteiger partial charge in [0.25, 0.3) is 0 Å². The summed E-state index contributed by atoms with van der Waals surface area (Å²) in [6, 6.07) is 7.82. The molecule has 0 saturated heterocycles. The van der Waals surface area contributed by atoms with E-state index in [0.29, 0.717) is 16.5 Å². The van der Waals surface area contributed by atoms with Crippen LogP contribution in [0.2, 0.25) is 0 Å². The highest BCUT2D eigenvalue weighted by molar-refractivity contribution is 7.71. The first-order chi connectivity index (χ1) is 12.1. The molecule has 1 fully saturated rings. The van der Waals surface area contributed by atoms with Gasteiger partial charge in [0.1, 0.15) is 12.3 Å². The third-order valence-corrected chi connectivity index (χ3v) is 5.25. The minimum atomic E-state index is -0.0161. The van der Waals surface area contributed by atoms with E-state index in [9.17, 15) is 4.79 Å². The summed E-state index contributed by atoms with van der Waals surface area (Å²) in [6.07, 6.45) is 4.55. The Balaban J connectivity index is 1.75. The van der Waals surface area contributed by atoms with Gasteiger partial charge in [-0.15, -0.1) is 0 Å². The van der Waals surface area contributed by atoms with Crippen molar-refractivity contribution in [3.8, 4) is 17.1 Å². The van der Waals surface area contributed by atoms with Gasteiger partial charge in [-0.3, -0.25) is 14.5 Å². The predicted molar refractivity (Wildman–Crippen MR) is 99.0 cm³/mol. The van der Waals surface area contributed by atoms with E-state index in [4.69, 9.17) is 17.0 Å². The first kappa shape index (κ1) is 17.7. The maximum atomic E-state index is 12.5. The predicted octanol–water partition coefficient (Wildman–Crippen LogP) is 3.31. The summed E-state index contributed by atoms with van der Waals surface area (Å²) in [5.74, 6) is 2.00. The van der Waals surface area contributed by atoms with Crippen molar-refractivity contribution in [3.05, 3.63) is 29.0 Å². The molecule has 7 heteroatoms. The highest BCUT2D eigenvalue weighted by Gasteiger charge is 2.27. The summed E-state index contributed by atoms with van der Waals surface area (Å²) in [4.78, 5) is 12.5. The number of aromatic amines is 1. The van der Waals surface area contributed by atoms with Gasteiger partial charge in [0.2, 0.25) is 5.91 Å². The van der Waals surface area contributed by atoms with E-state index in [-0.39, 0.29) is 18.5 Å². The van der Waals surface area contributed by atoms with Crippen LogP contribution in [0.15, 0.2) is 24.3 Å². The molecule has 1 aliphatic carbocycles. The average Bonchev–Trinajstić information content (AvgIpc) is 3.22. The lowest BCUT2D eigenvalue weighted by Crippen LogP contribution is -2.39. The summed E-state index contributed by atoms with van der Waals surface area (Å²) in [5.41, 5.74) is 0.883. The van der Waals surface area contributed by atoms with Crippen LogP contribution in [0.4, 0.5) is 0 Å². The lowest BCUT2D eigenvalue weighted by Gasteiger charge is -2.20. The maximum absolute atomic E-state index is 12.5. The van der Waals surface area contributed by atoms with E-state index in [1.54, 1.807) is 11.7 Å². The Morgan fingerprint density at radius 1 is 1.40 bits per heavy atom. The number of amides is 1. The summed E-state index contributed by atoms with van der Waals surface area (Å²) >= 11 is 5.31. The highest BCUT2D eigenvalue weighted by Crippen LogP contribution is 2.28. The van der Waals surface area contributed by atoms with Crippen LogP contribution in [0, 0.1) is 10.7 Å². The van der Waals surface area contributed by atoms with Gasteiger partial charge < -0.3 is 10.1 Å². The zero-order valence-corrected chi connectivity index (χ0v) is 15.4. The molecule has 1 heterocycles. The normalized spacial score (nSPS) is 19.8. The molecule has 6 nitrogen and oxygen atoms in total. The number of carbonyl (C=O) groups is 1. The van der Waals surface area contributed by atoms with Crippen molar-refractivity contribution >= 4 is 18.1 Å². The molecule has 2 atom stereocenters. The zero-order valence-electron chi connectivity index (χ0n) is 14.6. The van der Waals surface area contributed by atoms with E-state index < -0.39 is 0 Å². The van der Waals surface area contributed by atoms with Crippen LogP contribution >= 0.6 is 12.2 Å². The monoisotopic (exact) mass is 360 g/mol. The summed E-state index contributed by atoms with van der Waals surface area (Å²) in [7, 11) is 1.63. The number of methoxy groups -OCH3 is 1. The van der Waals surface area contributed by atoms with E-state index in [1.807, 2.05) is 24.3 Å². The molecule has 0 bridgehead atoms. The van der Waals surface area contributed by atoms with Crippen LogP contribution in [0.3, 0.4) is 0 Å². The number of nitrogens with zero attached hydrogens (tertiary/aromatic N) is 2. The van der Waals surface area contributed by atoms with Gasteiger partial charge >= 0.3 is 0 Å². The molecule has 1 aliphatic rings. The lowest BCUT2D eigenvalue weighted by atomic mass is 10.0. The summed E-state index contributed by atoms with van der Waals surface area (Å²) in [6.45, 7) is 2.35. The van der Waals surface area contributed by atoms with Crippen molar-refractivity contribution in [2.45, 2.75) is 45.2 Å². The van der Waals surface area contributed by atoms with Gasteiger partial charge in [0.15, 0.2) is 10.6 Å². The Morgan fingerprint density at radius 3 is 2.84 bits per heavy atom. The molecule has 25 heavy (non-hydrogen) atoms. The van der Waals surface area contributed by atoms with Crippen molar-refractivity contribution in [1.29, 1.82) is 0 Å². The van der Waals surface area contributed by atoms with Gasteiger partial charge in [0, 0.05) is 11.6 Å². The first-order valence-corrected chi connectivity index (χ1v) is 9.12. The third-order valence-electron chi connectivity index (χ3n) is 4.94. The van der Waals surface area contributed by atoms with E-state index in [1.165, 1.54) is 12.8 Å². The van der Waals surface area contributed by atoms with E-state index >= 15 is 0 Å². The molecule has 0 unspecified atom stereocenters.